The number of carbonyl (C=O) groups excluding carboxylic acids is 1. The lowest BCUT2D eigenvalue weighted by Gasteiger charge is -2.17. The first kappa shape index (κ1) is 19.9. The van der Waals surface area contributed by atoms with E-state index in [0.29, 0.717) is 34.1 Å². The van der Waals surface area contributed by atoms with Gasteiger partial charge in [0.05, 0.1) is 19.6 Å². The van der Waals surface area contributed by atoms with Gasteiger partial charge in [0.15, 0.2) is 35.1 Å². The second kappa shape index (κ2) is 7.82. The zero-order valence-corrected chi connectivity index (χ0v) is 16.5. The van der Waals surface area contributed by atoms with Crippen molar-refractivity contribution in [3.63, 3.8) is 0 Å². The van der Waals surface area contributed by atoms with E-state index in [0.717, 1.165) is 0 Å². The van der Waals surface area contributed by atoms with Crippen LogP contribution in [0.2, 0.25) is 0 Å². The number of imidazole rings is 1. The Morgan fingerprint density at radius 2 is 2.03 bits per heavy atom. The average molecular weight is 415 g/mol. The molecule has 1 saturated heterocycles. The largest absolute Gasteiger partial charge is 0.495 e. The number of anilines is 1. The maximum absolute atomic E-state index is 12.0. The molecule has 1 aliphatic heterocycles. The van der Waals surface area contributed by atoms with Crippen molar-refractivity contribution in [3.05, 3.63) is 24.8 Å². The zero-order valence-electron chi connectivity index (χ0n) is 16.5. The van der Waals surface area contributed by atoms with Crippen molar-refractivity contribution in [2.45, 2.75) is 24.5 Å². The molecule has 12 heteroatoms. The minimum absolute atomic E-state index is 0.343. The third kappa shape index (κ3) is 3.20. The van der Waals surface area contributed by atoms with Crippen molar-refractivity contribution in [3.8, 4) is 17.1 Å². The molecular formula is C18H21N7O5. The molecule has 4 atom stereocenters. The molecule has 0 radical (unpaired) electrons. The second-order valence-corrected chi connectivity index (χ2v) is 6.63. The third-order valence-corrected chi connectivity index (χ3v) is 4.88. The monoisotopic (exact) mass is 415 g/mol. The van der Waals surface area contributed by atoms with Crippen LogP contribution in [0.4, 0.5) is 5.82 Å². The number of likely N-dealkylation sites (N-methyl/N-ethyl adjacent to an activating group) is 1. The number of pyridine rings is 1. The number of aromatic nitrogens is 5. The van der Waals surface area contributed by atoms with Crippen LogP contribution < -0.4 is 15.4 Å². The van der Waals surface area contributed by atoms with E-state index < -0.39 is 30.4 Å². The molecule has 1 fully saturated rings. The second-order valence-electron chi connectivity index (χ2n) is 6.63. The van der Waals surface area contributed by atoms with Gasteiger partial charge in [-0.3, -0.25) is 14.3 Å². The van der Waals surface area contributed by atoms with Gasteiger partial charge in [0, 0.05) is 25.9 Å². The Labute approximate surface area is 170 Å². The number of carbonyl (C=O) groups is 1. The number of hydrogen-bond donors (Lipinski definition) is 4. The fourth-order valence-corrected chi connectivity index (χ4v) is 3.31. The standard InChI is InChI=1S/C18H21N7O5/c1-19-15-10-16(24-14(23-15)8-4-9(29-3)6-21-5-8)25(7-22-10)18-12(27)11(26)13(30-18)17(28)20-2/h4-7,11-13,18,26-27H,1-3H3,(H,20,28)(H,19,23,24)/t11-,12+,13-,18+/m0/s1. The van der Waals surface area contributed by atoms with Gasteiger partial charge in [0.25, 0.3) is 5.91 Å². The molecule has 0 saturated carbocycles. The van der Waals surface area contributed by atoms with Gasteiger partial charge in [0.1, 0.15) is 18.0 Å². The van der Waals surface area contributed by atoms with E-state index in [9.17, 15) is 15.0 Å². The minimum Gasteiger partial charge on any atom is -0.495 e. The van der Waals surface area contributed by atoms with E-state index in [1.807, 2.05) is 0 Å². The van der Waals surface area contributed by atoms with Crippen LogP contribution in [-0.4, -0.2) is 80.1 Å². The van der Waals surface area contributed by atoms with Gasteiger partial charge in [0.2, 0.25) is 0 Å². The molecule has 3 aromatic heterocycles. The van der Waals surface area contributed by atoms with E-state index in [4.69, 9.17) is 9.47 Å². The summed E-state index contributed by atoms with van der Waals surface area (Å²) >= 11 is 0. The third-order valence-electron chi connectivity index (χ3n) is 4.88. The van der Waals surface area contributed by atoms with Crippen molar-refractivity contribution in [2.75, 3.05) is 26.5 Å². The number of ether oxygens (including phenoxy) is 2. The fourth-order valence-electron chi connectivity index (χ4n) is 3.31. The summed E-state index contributed by atoms with van der Waals surface area (Å²) < 4.78 is 12.3. The number of aliphatic hydroxyl groups excluding tert-OH is 2. The number of hydrogen-bond acceptors (Lipinski definition) is 10. The Morgan fingerprint density at radius 3 is 2.73 bits per heavy atom. The van der Waals surface area contributed by atoms with Gasteiger partial charge >= 0.3 is 0 Å². The molecule has 0 unspecified atom stereocenters. The van der Waals surface area contributed by atoms with Gasteiger partial charge in [-0.2, -0.15) is 0 Å². The summed E-state index contributed by atoms with van der Waals surface area (Å²) in [5.41, 5.74) is 1.39. The summed E-state index contributed by atoms with van der Waals surface area (Å²) in [6, 6.07) is 1.74. The lowest BCUT2D eigenvalue weighted by Crippen LogP contribution is -2.41. The van der Waals surface area contributed by atoms with Crippen molar-refractivity contribution >= 4 is 22.9 Å². The van der Waals surface area contributed by atoms with Crippen LogP contribution >= 0.6 is 0 Å². The molecule has 3 aromatic rings. The molecule has 1 amide bonds. The highest BCUT2D eigenvalue weighted by atomic mass is 16.6. The van der Waals surface area contributed by atoms with Gasteiger partial charge < -0.3 is 30.3 Å². The Balaban J connectivity index is 1.81. The topological polar surface area (TPSA) is 157 Å². The molecule has 0 bridgehead atoms. The van der Waals surface area contributed by atoms with Gasteiger partial charge in [-0.1, -0.05) is 0 Å². The molecule has 4 N–H and O–H groups in total. The Morgan fingerprint density at radius 1 is 1.23 bits per heavy atom. The van der Waals surface area contributed by atoms with Crippen LogP contribution in [0.3, 0.4) is 0 Å². The first-order valence-electron chi connectivity index (χ1n) is 9.13. The maximum Gasteiger partial charge on any atom is 0.251 e. The molecule has 4 heterocycles. The summed E-state index contributed by atoms with van der Waals surface area (Å²) in [6.07, 6.45) is -0.478. The highest BCUT2D eigenvalue weighted by Gasteiger charge is 2.47. The Bertz CT molecular complexity index is 1090. The van der Waals surface area contributed by atoms with Crippen LogP contribution in [0.25, 0.3) is 22.6 Å². The average Bonchev–Trinajstić information content (AvgIpc) is 3.33. The molecule has 1 aliphatic rings. The molecule has 0 spiro atoms. The number of rotatable bonds is 5. The Hall–Kier alpha value is -3.35. The first-order valence-corrected chi connectivity index (χ1v) is 9.13. The number of methoxy groups -OCH3 is 1. The van der Waals surface area contributed by atoms with Crippen molar-refractivity contribution < 1.29 is 24.5 Å². The van der Waals surface area contributed by atoms with Crippen LogP contribution in [0.1, 0.15) is 6.23 Å². The van der Waals surface area contributed by atoms with Gasteiger partial charge in [-0.15, -0.1) is 0 Å². The SMILES string of the molecule is CNC(=O)[C@H]1O[C@@H](n2cnc3c(NC)nc(-c4cncc(OC)c4)nc32)[C@H](O)[C@@H]1O. The maximum atomic E-state index is 12.0. The normalized spacial score (nSPS) is 23.5. The predicted molar refractivity (Wildman–Crippen MR) is 105 cm³/mol. The molecule has 30 heavy (non-hydrogen) atoms. The lowest BCUT2D eigenvalue weighted by molar-refractivity contribution is -0.137. The van der Waals surface area contributed by atoms with Crippen molar-refractivity contribution in [1.29, 1.82) is 0 Å². The van der Waals surface area contributed by atoms with E-state index in [1.165, 1.54) is 25.1 Å². The van der Waals surface area contributed by atoms with Crippen LogP contribution in [0.5, 0.6) is 5.75 Å². The number of fused-ring (bicyclic) bond motifs is 1. The fraction of sp³-hybridized carbons (Fsp3) is 0.389. The number of nitrogens with one attached hydrogen (secondary N) is 2. The summed E-state index contributed by atoms with van der Waals surface area (Å²) in [7, 11) is 4.65. The predicted octanol–water partition coefficient (Wildman–Crippen LogP) is -0.696. The van der Waals surface area contributed by atoms with Crippen molar-refractivity contribution in [2.24, 2.45) is 0 Å². The summed E-state index contributed by atoms with van der Waals surface area (Å²) in [4.78, 5) is 29.5. The lowest BCUT2D eigenvalue weighted by atomic mass is 10.1. The zero-order chi connectivity index (χ0) is 21.4. The quantitative estimate of drug-likeness (QED) is 0.420. The number of nitrogens with zero attached hydrogens (tertiary/aromatic N) is 5. The van der Waals surface area contributed by atoms with Gasteiger partial charge in [-0.25, -0.2) is 15.0 Å². The first-order chi connectivity index (χ1) is 14.5. The van der Waals surface area contributed by atoms with E-state index >= 15 is 0 Å². The highest BCUT2D eigenvalue weighted by Crippen LogP contribution is 2.33. The molecule has 158 valence electrons. The summed E-state index contributed by atoms with van der Waals surface area (Å²) in [5.74, 6) is 0.798. The van der Waals surface area contributed by atoms with E-state index in [1.54, 1.807) is 25.5 Å². The molecule has 12 nitrogen and oxygen atoms in total. The van der Waals surface area contributed by atoms with Crippen LogP contribution in [-0.2, 0) is 9.53 Å². The van der Waals surface area contributed by atoms with Gasteiger partial charge in [-0.05, 0) is 6.07 Å². The molecule has 0 aromatic carbocycles. The van der Waals surface area contributed by atoms with Crippen LogP contribution in [0, 0.1) is 0 Å². The molecular weight excluding hydrogens is 394 g/mol. The van der Waals surface area contributed by atoms with Crippen LogP contribution in [0.15, 0.2) is 24.8 Å². The summed E-state index contributed by atoms with van der Waals surface area (Å²) in [6.45, 7) is 0. The molecule has 4 rings (SSSR count). The number of amides is 1. The van der Waals surface area contributed by atoms with E-state index in [-0.39, 0.29) is 0 Å². The van der Waals surface area contributed by atoms with Crippen molar-refractivity contribution in [1.82, 2.24) is 29.8 Å². The highest BCUT2D eigenvalue weighted by molar-refractivity contribution is 5.85. The smallest absolute Gasteiger partial charge is 0.251 e. The molecule has 0 aliphatic carbocycles. The van der Waals surface area contributed by atoms with E-state index in [2.05, 4.69) is 30.6 Å². The summed E-state index contributed by atoms with van der Waals surface area (Å²) in [5, 5.41) is 26.1. The Kier molecular flexibility index (Phi) is 5.20. The number of aliphatic hydroxyl groups is 2. The minimum atomic E-state index is -1.40.